The lowest BCUT2D eigenvalue weighted by Gasteiger charge is -2.12. The fourth-order valence-electron chi connectivity index (χ4n) is 3.04. The van der Waals surface area contributed by atoms with E-state index in [1.54, 1.807) is 48.8 Å². The number of fused-ring (bicyclic) bond motifs is 1. The van der Waals surface area contributed by atoms with Crippen molar-refractivity contribution in [3.8, 4) is 17.0 Å². The van der Waals surface area contributed by atoms with Gasteiger partial charge >= 0.3 is 0 Å². The first-order valence-corrected chi connectivity index (χ1v) is 9.35. The number of nitrogens with one attached hydrogen (secondary N) is 2. The number of aliphatic hydroxyl groups is 1. The molecule has 2 heterocycles. The molecule has 0 atom stereocenters. The molecule has 3 N–H and O–H groups in total. The number of benzene rings is 2. The zero-order valence-electron chi connectivity index (χ0n) is 15.9. The predicted molar refractivity (Wildman–Crippen MR) is 109 cm³/mol. The van der Waals surface area contributed by atoms with E-state index >= 15 is 0 Å². The van der Waals surface area contributed by atoms with Crippen LogP contribution in [0, 0.1) is 5.82 Å². The zero-order chi connectivity index (χ0) is 20.9. The molecule has 152 valence electrons. The molecular weight excluding hydrogens is 387 g/mol. The number of hydrogen-bond acceptors (Lipinski definition) is 5. The highest BCUT2D eigenvalue weighted by atomic mass is 19.1. The van der Waals surface area contributed by atoms with Gasteiger partial charge in [-0.25, -0.2) is 14.4 Å². The van der Waals surface area contributed by atoms with E-state index in [9.17, 15) is 9.18 Å². The molecule has 0 spiro atoms. The Hall–Kier alpha value is -3.78. The number of hydrogen-bond donors (Lipinski definition) is 3. The third-order valence-corrected chi connectivity index (χ3v) is 4.49. The Labute approximate surface area is 171 Å². The fourth-order valence-corrected chi connectivity index (χ4v) is 3.04. The first-order valence-electron chi connectivity index (χ1n) is 9.35. The van der Waals surface area contributed by atoms with Gasteiger partial charge in [-0.05, 0) is 42.5 Å². The molecule has 0 aliphatic heterocycles. The summed E-state index contributed by atoms with van der Waals surface area (Å²) in [6.45, 7) is 0.258. The number of rotatable bonds is 7. The normalized spacial score (nSPS) is 10.9. The number of carbonyl (C=O) groups excluding carboxylic acids is 1. The molecule has 0 saturated heterocycles. The summed E-state index contributed by atoms with van der Waals surface area (Å²) >= 11 is 0. The third-order valence-electron chi connectivity index (χ3n) is 4.49. The van der Waals surface area contributed by atoms with Crippen molar-refractivity contribution >= 4 is 16.8 Å². The van der Waals surface area contributed by atoms with Gasteiger partial charge in [0.05, 0.1) is 24.4 Å². The van der Waals surface area contributed by atoms with E-state index in [-0.39, 0.29) is 31.5 Å². The van der Waals surface area contributed by atoms with Crippen molar-refractivity contribution in [3.05, 3.63) is 78.1 Å². The third kappa shape index (κ3) is 4.28. The summed E-state index contributed by atoms with van der Waals surface area (Å²) in [4.78, 5) is 24.2. The fraction of sp³-hybridized carbons (Fsp3) is 0.136. The van der Waals surface area contributed by atoms with E-state index < -0.39 is 0 Å². The van der Waals surface area contributed by atoms with E-state index in [1.165, 1.54) is 12.1 Å². The first kappa shape index (κ1) is 19.5. The monoisotopic (exact) mass is 406 g/mol. The molecule has 0 fully saturated rings. The molecule has 7 nitrogen and oxygen atoms in total. The quantitative estimate of drug-likeness (QED) is 0.438. The summed E-state index contributed by atoms with van der Waals surface area (Å²) in [5, 5.41) is 12.6. The van der Waals surface area contributed by atoms with Crippen LogP contribution in [0.3, 0.4) is 0 Å². The number of aromatic nitrogens is 3. The van der Waals surface area contributed by atoms with Gasteiger partial charge in [-0.15, -0.1) is 0 Å². The average molecular weight is 406 g/mol. The smallest absolute Gasteiger partial charge is 0.251 e. The minimum Gasteiger partial charge on any atom is -0.490 e. The number of aromatic amines is 1. The summed E-state index contributed by atoms with van der Waals surface area (Å²) in [5.41, 5.74) is 2.27. The lowest BCUT2D eigenvalue weighted by molar-refractivity contribution is 0.0950. The van der Waals surface area contributed by atoms with Crippen LogP contribution in [0.2, 0.25) is 0 Å². The molecule has 0 unspecified atom stereocenters. The average Bonchev–Trinajstić information content (AvgIpc) is 3.29. The van der Waals surface area contributed by atoms with E-state index in [4.69, 9.17) is 9.84 Å². The van der Waals surface area contributed by atoms with Gasteiger partial charge in [0.2, 0.25) is 0 Å². The topological polar surface area (TPSA) is 100 Å². The highest BCUT2D eigenvalue weighted by Crippen LogP contribution is 2.31. The second kappa shape index (κ2) is 8.71. The van der Waals surface area contributed by atoms with Gasteiger partial charge in [0.25, 0.3) is 5.91 Å². The molecule has 2 aromatic heterocycles. The molecule has 0 saturated carbocycles. The van der Waals surface area contributed by atoms with Gasteiger partial charge in [-0.2, -0.15) is 0 Å². The number of halogens is 1. The van der Waals surface area contributed by atoms with Crippen LogP contribution in [-0.4, -0.2) is 39.2 Å². The Morgan fingerprint density at radius 2 is 2.00 bits per heavy atom. The Bertz CT molecular complexity index is 1160. The molecule has 4 rings (SSSR count). The number of imidazole rings is 1. The minimum absolute atomic E-state index is 0.118. The summed E-state index contributed by atoms with van der Waals surface area (Å²) in [6, 6.07) is 12.8. The Morgan fingerprint density at radius 3 is 2.73 bits per heavy atom. The summed E-state index contributed by atoms with van der Waals surface area (Å²) in [7, 11) is 0. The summed E-state index contributed by atoms with van der Waals surface area (Å²) < 4.78 is 19.0. The standard InChI is InChI=1S/C22H19FN4O3/c23-16-4-1-14(2-5-16)18-12-20(30-10-9-28)17-6-3-15(11-19(17)27-18)22(29)26-13-21-24-7-8-25-21/h1-8,11-12,28H,9-10,13H2,(H,24,25)(H,26,29). The molecule has 2 aromatic carbocycles. The highest BCUT2D eigenvalue weighted by Gasteiger charge is 2.13. The van der Waals surface area contributed by atoms with Gasteiger partial charge in [-0.3, -0.25) is 4.79 Å². The summed E-state index contributed by atoms with van der Waals surface area (Å²) in [5.74, 6) is 0.573. The largest absolute Gasteiger partial charge is 0.490 e. The van der Waals surface area contributed by atoms with E-state index in [2.05, 4.69) is 20.3 Å². The number of H-pyrrole nitrogens is 1. The van der Waals surface area contributed by atoms with Gasteiger partial charge in [-0.1, -0.05) is 0 Å². The van der Waals surface area contributed by atoms with Crippen LogP contribution in [0.1, 0.15) is 16.2 Å². The van der Waals surface area contributed by atoms with E-state index in [1.807, 2.05) is 0 Å². The number of ether oxygens (including phenoxy) is 1. The van der Waals surface area contributed by atoms with Gasteiger partial charge < -0.3 is 20.1 Å². The Morgan fingerprint density at radius 1 is 1.17 bits per heavy atom. The van der Waals surface area contributed by atoms with Crippen molar-refractivity contribution in [1.82, 2.24) is 20.3 Å². The van der Waals surface area contributed by atoms with Crippen LogP contribution in [0.4, 0.5) is 4.39 Å². The van der Waals surface area contributed by atoms with E-state index in [0.29, 0.717) is 39.3 Å². The maximum atomic E-state index is 13.3. The van der Waals surface area contributed by atoms with Crippen LogP contribution >= 0.6 is 0 Å². The van der Waals surface area contributed by atoms with Crippen molar-refractivity contribution in [1.29, 1.82) is 0 Å². The molecule has 0 aliphatic carbocycles. The Balaban J connectivity index is 1.69. The molecule has 1 amide bonds. The number of nitrogens with zero attached hydrogens (tertiary/aromatic N) is 2. The number of carbonyl (C=O) groups is 1. The van der Waals surface area contributed by atoms with E-state index in [0.717, 1.165) is 0 Å². The number of pyridine rings is 1. The van der Waals surface area contributed by atoms with Crippen molar-refractivity contribution in [2.75, 3.05) is 13.2 Å². The number of amides is 1. The molecule has 8 heteroatoms. The molecule has 0 bridgehead atoms. The summed E-state index contributed by atoms with van der Waals surface area (Å²) in [6.07, 6.45) is 3.30. The second-order valence-corrected chi connectivity index (χ2v) is 6.54. The van der Waals surface area contributed by atoms with Gasteiger partial charge in [0, 0.05) is 35.0 Å². The second-order valence-electron chi connectivity index (χ2n) is 6.54. The Kier molecular flexibility index (Phi) is 5.67. The van der Waals surface area contributed by atoms with Crippen molar-refractivity contribution in [3.63, 3.8) is 0 Å². The van der Waals surface area contributed by atoms with Crippen LogP contribution in [-0.2, 0) is 6.54 Å². The van der Waals surface area contributed by atoms with Crippen LogP contribution < -0.4 is 10.1 Å². The van der Waals surface area contributed by atoms with Gasteiger partial charge in [0.15, 0.2) is 0 Å². The highest BCUT2D eigenvalue weighted by molar-refractivity contribution is 5.99. The van der Waals surface area contributed by atoms with Crippen LogP contribution in [0.15, 0.2) is 60.9 Å². The molecule has 4 aromatic rings. The first-order chi connectivity index (χ1) is 14.6. The molecule has 0 aliphatic rings. The van der Waals surface area contributed by atoms with Crippen molar-refractivity contribution < 1.29 is 19.0 Å². The molecule has 0 radical (unpaired) electrons. The maximum absolute atomic E-state index is 13.3. The molecular formula is C22H19FN4O3. The SMILES string of the molecule is O=C(NCc1ncc[nH]1)c1ccc2c(OCCO)cc(-c3ccc(F)cc3)nc2c1. The van der Waals surface area contributed by atoms with Crippen molar-refractivity contribution in [2.24, 2.45) is 0 Å². The zero-order valence-corrected chi connectivity index (χ0v) is 15.9. The predicted octanol–water partition coefficient (Wildman–Crippen LogP) is 3.07. The van der Waals surface area contributed by atoms with Crippen LogP contribution in [0.25, 0.3) is 22.2 Å². The van der Waals surface area contributed by atoms with Crippen molar-refractivity contribution in [2.45, 2.75) is 6.54 Å². The number of aliphatic hydroxyl groups excluding tert-OH is 1. The maximum Gasteiger partial charge on any atom is 0.251 e. The van der Waals surface area contributed by atoms with Gasteiger partial charge in [0.1, 0.15) is 24.0 Å². The minimum atomic E-state index is -0.341. The lowest BCUT2D eigenvalue weighted by atomic mass is 10.1. The van der Waals surface area contributed by atoms with Crippen LogP contribution in [0.5, 0.6) is 5.75 Å². The molecule has 30 heavy (non-hydrogen) atoms. The lowest BCUT2D eigenvalue weighted by Crippen LogP contribution is -2.23.